The molecule has 1 atom stereocenters. The van der Waals surface area contributed by atoms with Gasteiger partial charge >= 0.3 is 0 Å². The van der Waals surface area contributed by atoms with Crippen LogP contribution >= 0.6 is 0 Å². The van der Waals surface area contributed by atoms with Gasteiger partial charge in [0, 0.05) is 11.1 Å². The normalized spacial score (nSPS) is 20.4. The highest BCUT2D eigenvalue weighted by Gasteiger charge is 2.28. The second kappa shape index (κ2) is 16.3. The van der Waals surface area contributed by atoms with Crippen molar-refractivity contribution >= 4 is 5.57 Å². The van der Waals surface area contributed by atoms with Gasteiger partial charge in [-0.2, -0.15) is 4.39 Å². The van der Waals surface area contributed by atoms with E-state index in [1.807, 2.05) is 12.1 Å². The van der Waals surface area contributed by atoms with Gasteiger partial charge in [0.25, 0.3) is 0 Å². The van der Waals surface area contributed by atoms with Gasteiger partial charge < -0.3 is 4.74 Å². The highest BCUT2D eigenvalue weighted by Crippen LogP contribution is 2.42. The van der Waals surface area contributed by atoms with E-state index in [1.54, 1.807) is 36.4 Å². The molecule has 1 fully saturated rings. The Morgan fingerprint density at radius 3 is 2.13 bits per heavy atom. The fourth-order valence-electron chi connectivity index (χ4n) is 7.35. The third kappa shape index (κ3) is 8.51. The molecule has 0 aliphatic heterocycles. The molecule has 0 spiro atoms. The minimum atomic E-state index is -0.972. The van der Waals surface area contributed by atoms with Crippen LogP contribution < -0.4 is 4.74 Å². The third-order valence-corrected chi connectivity index (χ3v) is 10.1. The van der Waals surface area contributed by atoms with Crippen LogP contribution in [-0.4, -0.2) is 6.61 Å². The Balaban J connectivity index is 1.18. The highest BCUT2D eigenvalue weighted by molar-refractivity contribution is 5.74. The quantitative estimate of drug-likeness (QED) is 0.137. The Morgan fingerprint density at radius 1 is 0.756 bits per heavy atom. The Bertz CT molecular complexity index is 1450. The number of hydrogen-bond acceptors (Lipinski definition) is 1. The molecule has 2 aliphatic rings. The molecule has 1 saturated carbocycles. The van der Waals surface area contributed by atoms with Gasteiger partial charge in [-0.05, 0) is 117 Å². The molecule has 0 heterocycles. The highest BCUT2D eigenvalue weighted by atomic mass is 19.2. The van der Waals surface area contributed by atoms with Crippen molar-refractivity contribution in [2.75, 3.05) is 6.61 Å². The first-order valence-corrected chi connectivity index (χ1v) is 17.3. The zero-order chi connectivity index (χ0) is 31.6. The molecule has 2 aliphatic carbocycles. The Labute approximate surface area is 268 Å². The molecule has 240 valence electrons. The topological polar surface area (TPSA) is 9.23 Å². The van der Waals surface area contributed by atoms with Crippen molar-refractivity contribution < 1.29 is 17.9 Å². The largest absolute Gasteiger partial charge is 0.490 e. The summed E-state index contributed by atoms with van der Waals surface area (Å²) in [5.74, 6) is 0.251. The number of allylic oxidation sites excluding steroid dienone is 4. The summed E-state index contributed by atoms with van der Waals surface area (Å²) in [7, 11) is 0. The van der Waals surface area contributed by atoms with E-state index in [0.717, 1.165) is 61.8 Å². The molecule has 3 aromatic carbocycles. The van der Waals surface area contributed by atoms with Crippen molar-refractivity contribution in [1.82, 2.24) is 0 Å². The average Bonchev–Trinajstić information content (AvgIpc) is 3.07. The average molecular weight is 615 g/mol. The Morgan fingerprint density at radius 2 is 1.47 bits per heavy atom. The van der Waals surface area contributed by atoms with Crippen LogP contribution in [0.4, 0.5) is 13.2 Å². The van der Waals surface area contributed by atoms with Gasteiger partial charge in [0.1, 0.15) is 5.82 Å². The predicted octanol–water partition coefficient (Wildman–Crippen LogP) is 12.7. The van der Waals surface area contributed by atoms with Crippen LogP contribution in [0.3, 0.4) is 0 Å². The lowest BCUT2D eigenvalue weighted by Gasteiger charge is -2.35. The molecule has 45 heavy (non-hydrogen) atoms. The molecule has 0 radical (unpaired) electrons. The van der Waals surface area contributed by atoms with Crippen LogP contribution in [0.5, 0.6) is 5.75 Å². The van der Waals surface area contributed by atoms with E-state index in [0.29, 0.717) is 23.3 Å². The number of rotatable bonds is 13. The molecule has 0 N–H and O–H groups in total. The smallest absolute Gasteiger partial charge is 0.201 e. The molecular formula is C41H49F3O. The molecular weight excluding hydrogens is 565 g/mol. The zero-order valence-electron chi connectivity index (χ0n) is 27.1. The van der Waals surface area contributed by atoms with Crippen LogP contribution in [0.25, 0.3) is 27.8 Å². The summed E-state index contributed by atoms with van der Waals surface area (Å²) in [5.41, 5.74) is 4.11. The summed E-state index contributed by atoms with van der Waals surface area (Å²) < 4.78 is 50.6. The number of ether oxygens (including phenoxy) is 1. The molecule has 5 rings (SSSR count). The number of unbranched alkanes of at least 4 members (excludes halogenated alkanes) is 3. The number of halogens is 3. The van der Waals surface area contributed by atoms with E-state index in [1.165, 1.54) is 56.6 Å². The van der Waals surface area contributed by atoms with Crippen molar-refractivity contribution in [2.24, 2.45) is 17.8 Å². The molecule has 0 amide bonds. The molecule has 4 heteroatoms. The Hall–Kier alpha value is -3.27. The summed E-state index contributed by atoms with van der Waals surface area (Å²) in [5, 5.41) is 0. The molecule has 3 aromatic rings. The minimum Gasteiger partial charge on any atom is -0.490 e. The summed E-state index contributed by atoms with van der Waals surface area (Å²) >= 11 is 0. The first kappa shape index (κ1) is 33.1. The van der Waals surface area contributed by atoms with Gasteiger partial charge in [-0.1, -0.05) is 93.7 Å². The number of hydrogen-bond donors (Lipinski definition) is 0. The van der Waals surface area contributed by atoms with Crippen LogP contribution in [-0.2, 0) is 0 Å². The van der Waals surface area contributed by atoms with Crippen molar-refractivity contribution in [2.45, 2.75) is 97.3 Å². The lowest BCUT2D eigenvalue weighted by atomic mass is 9.70. The van der Waals surface area contributed by atoms with Gasteiger partial charge in [0.2, 0.25) is 5.82 Å². The van der Waals surface area contributed by atoms with Crippen molar-refractivity contribution in [3.63, 3.8) is 0 Å². The first-order chi connectivity index (χ1) is 22.0. The van der Waals surface area contributed by atoms with Gasteiger partial charge in [0.05, 0.1) is 6.61 Å². The monoisotopic (exact) mass is 614 g/mol. The molecule has 0 aromatic heterocycles. The fraction of sp³-hybridized carbons (Fsp3) is 0.463. The number of benzene rings is 3. The van der Waals surface area contributed by atoms with Crippen molar-refractivity contribution in [3.8, 4) is 28.0 Å². The SMILES string of the molecule is C/C=C/CCC1CCC(C2CC=C(c3ccc(-c4ccc(-c5ccc(OCCCCCC)c(F)c5F)cc4)c(F)c3)CC2)CC1. The Kier molecular flexibility index (Phi) is 12.0. The lowest BCUT2D eigenvalue weighted by Crippen LogP contribution is -2.23. The van der Waals surface area contributed by atoms with E-state index < -0.39 is 11.6 Å². The van der Waals surface area contributed by atoms with Gasteiger partial charge in [0.15, 0.2) is 11.6 Å². The molecule has 1 nitrogen and oxygen atoms in total. The molecule has 1 unspecified atom stereocenters. The molecule has 0 saturated heterocycles. The standard InChI is InChI=1S/C41H49F3O/c1-3-5-7-9-27-45-39-26-25-37(40(43)41(39)44)34-21-19-33(20-22-34)36-24-23-35(28-38(36)42)32-17-15-31(16-18-32)30-13-11-29(12-14-30)10-8-6-4-2/h4,6,17,19-26,28-31H,3,5,7-16,18,27H2,1-2H3/b6-4+. The second-order valence-corrected chi connectivity index (χ2v) is 13.1. The minimum absolute atomic E-state index is 0.0616. The van der Waals surface area contributed by atoms with Crippen molar-refractivity contribution in [1.29, 1.82) is 0 Å². The van der Waals surface area contributed by atoms with Crippen molar-refractivity contribution in [3.05, 3.63) is 95.8 Å². The van der Waals surface area contributed by atoms with E-state index in [9.17, 15) is 8.78 Å². The molecule has 0 bridgehead atoms. The summed E-state index contributed by atoms with van der Waals surface area (Å²) in [6, 6.07) is 15.5. The summed E-state index contributed by atoms with van der Waals surface area (Å²) in [4.78, 5) is 0. The van der Waals surface area contributed by atoms with Gasteiger partial charge in [-0.15, -0.1) is 0 Å². The lowest BCUT2D eigenvalue weighted by molar-refractivity contribution is 0.190. The van der Waals surface area contributed by atoms with E-state index in [4.69, 9.17) is 4.74 Å². The van der Waals surface area contributed by atoms with Crippen LogP contribution in [0, 0.1) is 35.2 Å². The fourth-order valence-corrected chi connectivity index (χ4v) is 7.35. The third-order valence-electron chi connectivity index (χ3n) is 10.1. The maximum absolute atomic E-state index is 15.4. The summed E-state index contributed by atoms with van der Waals surface area (Å²) in [6.45, 7) is 4.59. The van der Waals surface area contributed by atoms with E-state index >= 15 is 4.39 Å². The summed E-state index contributed by atoms with van der Waals surface area (Å²) in [6.07, 6.45) is 22.1. The zero-order valence-corrected chi connectivity index (χ0v) is 27.1. The van der Waals surface area contributed by atoms with Gasteiger partial charge in [-0.25, -0.2) is 8.78 Å². The predicted molar refractivity (Wildman–Crippen MR) is 182 cm³/mol. The first-order valence-electron chi connectivity index (χ1n) is 17.3. The van der Waals surface area contributed by atoms with Crippen LogP contribution in [0.15, 0.2) is 72.8 Å². The maximum Gasteiger partial charge on any atom is 0.201 e. The second-order valence-electron chi connectivity index (χ2n) is 13.1. The van der Waals surface area contributed by atoms with E-state index in [-0.39, 0.29) is 17.1 Å². The van der Waals surface area contributed by atoms with Crippen LogP contribution in [0.1, 0.15) is 103 Å². The van der Waals surface area contributed by atoms with E-state index in [2.05, 4.69) is 32.1 Å². The maximum atomic E-state index is 15.4. The van der Waals surface area contributed by atoms with Crippen LogP contribution in [0.2, 0.25) is 0 Å². The van der Waals surface area contributed by atoms with Gasteiger partial charge in [-0.3, -0.25) is 0 Å².